The van der Waals surface area contributed by atoms with Crippen LogP contribution in [0.2, 0.25) is 0 Å². The van der Waals surface area contributed by atoms with E-state index < -0.39 is 0 Å². The van der Waals surface area contributed by atoms with Crippen LogP contribution in [-0.2, 0) is 11.3 Å². The van der Waals surface area contributed by atoms with Gasteiger partial charge in [-0.25, -0.2) is 0 Å². The van der Waals surface area contributed by atoms with E-state index in [9.17, 15) is 9.59 Å². The Morgan fingerprint density at radius 1 is 1.09 bits per heavy atom. The normalized spacial score (nSPS) is 12.9. The summed E-state index contributed by atoms with van der Waals surface area (Å²) in [5.41, 5.74) is 1.34. The van der Waals surface area contributed by atoms with Crippen LogP contribution in [0.1, 0.15) is 39.7 Å². The number of nitrogens with zero attached hydrogens (tertiary/aromatic N) is 4. The van der Waals surface area contributed by atoms with E-state index in [0.717, 1.165) is 17.5 Å². The molecule has 32 heavy (non-hydrogen) atoms. The lowest BCUT2D eigenvalue weighted by Gasteiger charge is -2.26. The molecule has 0 aliphatic carbocycles. The highest BCUT2D eigenvalue weighted by molar-refractivity contribution is 8.00. The van der Waals surface area contributed by atoms with Crippen molar-refractivity contribution in [2.45, 2.75) is 56.6 Å². The topological polar surface area (TPSA) is 81.3 Å². The molecule has 2 aromatic heterocycles. The van der Waals surface area contributed by atoms with Crippen LogP contribution >= 0.6 is 11.8 Å². The Hall–Kier alpha value is -3.13. The molecule has 0 spiro atoms. The van der Waals surface area contributed by atoms with E-state index in [0.29, 0.717) is 22.9 Å². The molecule has 166 valence electrons. The van der Waals surface area contributed by atoms with Gasteiger partial charge in [-0.3, -0.25) is 18.6 Å². The number of hydrogen-bond donors (Lipinski definition) is 1. The molecule has 0 radical (unpaired) electrons. The minimum absolute atomic E-state index is 0.0551. The maximum atomic E-state index is 13.3. The quantitative estimate of drug-likeness (QED) is 0.433. The number of fused-ring (bicyclic) bond motifs is 3. The molecule has 0 saturated heterocycles. The van der Waals surface area contributed by atoms with Crippen LogP contribution in [0, 0.1) is 0 Å². The van der Waals surface area contributed by atoms with Gasteiger partial charge >= 0.3 is 0 Å². The van der Waals surface area contributed by atoms with Crippen molar-refractivity contribution in [1.82, 2.24) is 24.5 Å². The first kappa shape index (κ1) is 22.1. The first-order valence-electron chi connectivity index (χ1n) is 10.7. The van der Waals surface area contributed by atoms with E-state index in [4.69, 9.17) is 0 Å². The summed E-state index contributed by atoms with van der Waals surface area (Å²) in [5.74, 6) is 0.405. The number of carbonyl (C=O) groups is 1. The third-order valence-corrected chi connectivity index (χ3v) is 6.70. The molecule has 0 fully saturated rings. The molecule has 0 saturated carbocycles. The predicted molar refractivity (Wildman–Crippen MR) is 128 cm³/mol. The van der Waals surface area contributed by atoms with Crippen molar-refractivity contribution in [1.29, 1.82) is 0 Å². The van der Waals surface area contributed by atoms with Crippen LogP contribution in [0.15, 0.2) is 64.5 Å². The van der Waals surface area contributed by atoms with Gasteiger partial charge in [0.1, 0.15) is 0 Å². The summed E-state index contributed by atoms with van der Waals surface area (Å²) in [6.45, 7) is 8.30. The van der Waals surface area contributed by atoms with Gasteiger partial charge in [0, 0.05) is 5.54 Å². The number of amides is 1. The lowest BCUT2D eigenvalue weighted by atomic mass is 10.0. The van der Waals surface area contributed by atoms with Crippen LogP contribution in [0.3, 0.4) is 0 Å². The van der Waals surface area contributed by atoms with Crippen molar-refractivity contribution < 1.29 is 4.79 Å². The van der Waals surface area contributed by atoms with Gasteiger partial charge in [0.2, 0.25) is 11.7 Å². The van der Waals surface area contributed by atoms with Gasteiger partial charge in [-0.15, -0.1) is 10.2 Å². The summed E-state index contributed by atoms with van der Waals surface area (Å²) in [4.78, 5) is 26.0. The molecule has 4 aromatic rings. The van der Waals surface area contributed by atoms with Crippen molar-refractivity contribution in [3.05, 3.63) is 70.5 Å². The fourth-order valence-electron chi connectivity index (χ4n) is 3.45. The van der Waals surface area contributed by atoms with Crippen LogP contribution in [0.25, 0.3) is 16.7 Å². The average Bonchev–Trinajstić information content (AvgIpc) is 3.20. The van der Waals surface area contributed by atoms with E-state index in [2.05, 4.69) is 15.5 Å². The highest BCUT2D eigenvalue weighted by Gasteiger charge is 2.25. The smallest absolute Gasteiger partial charge is 0.263 e. The Morgan fingerprint density at radius 3 is 2.50 bits per heavy atom. The summed E-state index contributed by atoms with van der Waals surface area (Å²) < 4.78 is 3.51. The van der Waals surface area contributed by atoms with Gasteiger partial charge in [-0.2, -0.15) is 0 Å². The molecule has 1 amide bonds. The van der Waals surface area contributed by atoms with E-state index in [1.807, 2.05) is 86.7 Å². The number of nitrogens with one attached hydrogen (secondary N) is 1. The largest absolute Gasteiger partial charge is 0.350 e. The SMILES string of the molecule is CCC(C)(C)NC(=O)C(C)Sc1nnc2n(Cc3ccccc3)c(=O)c3ccccc3n12. The van der Waals surface area contributed by atoms with Crippen LogP contribution < -0.4 is 10.9 Å². The third kappa shape index (κ3) is 4.27. The van der Waals surface area contributed by atoms with E-state index in [1.54, 1.807) is 4.57 Å². The molecular formula is C24H27N5O2S. The number of aromatic nitrogens is 4. The van der Waals surface area contributed by atoms with Crippen molar-refractivity contribution >= 4 is 34.3 Å². The minimum Gasteiger partial charge on any atom is -0.350 e. The number of benzene rings is 2. The second-order valence-electron chi connectivity index (χ2n) is 8.50. The van der Waals surface area contributed by atoms with Crippen molar-refractivity contribution in [3.63, 3.8) is 0 Å². The Kier molecular flexibility index (Phi) is 6.06. The summed E-state index contributed by atoms with van der Waals surface area (Å²) in [6.07, 6.45) is 0.834. The Morgan fingerprint density at radius 2 is 1.78 bits per heavy atom. The Bertz CT molecular complexity index is 1330. The van der Waals surface area contributed by atoms with E-state index in [1.165, 1.54) is 11.8 Å². The zero-order chi connectivity index (χ0) is 22.9. The molecule has 2 heterocycles. The van der Waals surface area contributed by atoms with E-state index >= 15 is 0 Å². The first-order valence-corrected chi connectivity index (χ1v) is 11.6. The standard InChI is InChI=1S/C24H27N5O2S/c1-5-24(3,4)25-20(30)16(2)32-23-27-26-22-28(15-17-11-7-6-8-12-17)21(31)18-13-9-10-14-19(18)29(22)23/h6-14,16H,5,15H2,1-4H3,(H,25,30). The molecular weight excluding hydrogens is 422 g/mol. The molecule has 0 aliphatic heterocycles. The molecule has 7 nitrogen and oxygen atoms in total. The van der Waals surface area contributed by atoms with Gasteiger partial charge < -0.3 is 5.32 Å². The van der Waals surface area contributed by atoms with Gasteiger partial charge in [-0.05, 0) is 44.9 Å². The molecule has 0 bridgehead atoms. The molecule has 1 atom stereocenters. The molecule has 0 aliphatic rings. The predicted octanol–water partition coefficient (Wildman–Crippen LogP) is 3.88. The number of hydrogen-bond acceptors (Lipinski definition) is 5. The Labute approximate surface area is 190 Å². The third-order valence-electron chi connectivity index (χ3n) is 5.66. The lowest BCUT2D eigenvalue weighted by molar-refractivity contribution is -0.121. The number of thioether (sulfide) groups is 1. The number of para-hydroxylation sites is 1. The molecule has 2 aromatic carbocycles. The van der Waals surface area contributed by atoms with Gasteiger partial charge in [0.05, 0.1) is 22.7 Å². The second kappa shape index (κ2) is 8.78. The molecule has 4 rings (SSSR count). The maximum absolute atomic E-state index is 13.3. The zero-order valence-electron chi connectivity index (χ0n) is 18.7. The summed E-state index contributed by atoms with van der Waals surface area (Å²) in [6, 6.07) is 17.2. The Balaban J connectivity index is 1.79. The summed E-state index contributed by atoms with van der Waals surface area (Å²) >= 11 is 1.34. The fourth-order valence-corrected chi connectivity index (χ4v) is 4.31. The molecule has 1 unspecified atom stereocenters. The lowest BCUT2D eigenvalue weighted by Crippen LogP contribution is -2.46. The molecule has 1 N–H and O–H groups in total. The zero-order valence-corrected chi connectivity index (χ0v) is 19.5. The van der Waals surface area contributed by atoms with Crippen molar-refractivity contribution in [3.8, 4) is 0 Å². The van der Waals surface area contributed by atoms with Gasteiger partial charge in [-0.1, -0.05) is 61.2 Å². The monoisotopic (exact) mass is 449 g/mol. The van der Waals surface area contributed by atoms with Crippen LogP contribution in [-0.4, -0.2) is 35.9 Å². The van der Waals surface area contributed by atoms with Gasteiger partial charge in [0.15, 0.2) is 5.16 Å². The van der Waals surface area contributed by atoms with Gasteiger partial charge in [0.25, 0.3) is 5.56 Å². The summed E-state index contributed by atoms with van der Waals surface area (Å²) in [5, 5.41) is 12.6. The number of rotatable bonds is 7. The van der Waals surface area contributed by atoms with Crippen LogP contribution in [0.5, 0.6) is 0 Å². The summed E-state index contributed by atoms with van der Waals surface area (Å²) in [7, 11) is 0. The first-order chi connectivity index (χ1) is 15.3. The van der Waals surface area contributed by atoms with Crippen molar-refractivity contribution in [2.75, 3.05) is 0 Å². The fraction of sp³-hybridized carbons (Fsp3) is 0.333. The van der Waals surface area contributed by atoms with Crippen LogP contribution in [0.4, 0.5) is 0 Å². The second-order valence-corrected chi connectivity index (χ2v) is 9.81. The van der Waals surface area contributed by atoms with Crippen molar-refractivity contribution in [2.24, 2.45) is 0 Å². The maximum Gasteiger partial charge on any atom is 0.263 e. The highest BCUT2D eigenvalue weighted by atomic mass is 32.2. The van der Waals surface area contributed by atoms with E-state index in [-0.39, 0.29) is 22.3 Å². The molecule has 8 heteroatoms. The minimum atomic E-state index is -0.374. The average molecular weight is 450 g/mol. The highest BCUT2D eigenvalue weighted by Crippen LogP contribution is 2.26. The number of carbonyl (C=O) groups excluding carboxylic acids is 1.